The Morgan fingerprint density at radius 2 is 2.00 bits per heavy atom. The van der Waals surface area contributed by atoms with Crippen LogP contribution in [-0.2, 0) is 6.54 Å². The zero-order valence-electron chi connectivity index (χ0n) is 12.6. The number of benzene rings is 1. The Labute approximate surface area is 122 Å². The molecule has 0 aliphatic heterocycles. The van der Waals surface area contributed by atoms with Crippen molar-refractivity contribution in [3.05, 3.63) is 36.0 Å². The summed E-state index contributed by atoms with van der Waals surface area (Å²) in [6, 6.07) is 8.91. The molecule has 1 saturated carbocycles. The van der Waals surface area contributed by atoms with Crippen LogP contribution in [0.25, 0.3) is 10.9 Å². The Kier molecular flexibility index (Phi) is 4.41. The lowest BCUT2D eigenvalue weighted by Crippen LogP contribution is -2.27. The van der Waals surface area contributed by atoms with E-state index in [4.69, 9.17) is 0 Å². The van der Waals surface area contributed by atoms with E-state index in [9.17, 15) is 0 Å². The summed E-state index contributed by atoms with van der Waals surface area (Å²) in [5, 5.41) is 5.00. The highest BCUT2D eigenvalue weighted by molar-refractivity contribution is 5.80. The highest BCUT2D eigenvalue weighted by atomic mass is 15.0. The Morgan fingerprint density at radius 3 is 2.85 bits per heavy atom. The maximum atomic E-state index is 3.65. The van der Waals surface area contributed by atoms with E-state index < -0.39 is 0 Å². The lowest BCUT2D eigenvalue weighted by atomic mass is 9.89. The van der Waals surface area contributed by atoms with Gasteiger partial charge in [0.2, 0.25) is 0 Å². The van der Waals surface area contributed by atoms with Crippen LogP contribution in [-0.4, -0.2) is 17.7 Å². The number of aromatic nitrogens is 1. The van der Waals surface area contributed by atoms with Crippen molar-refractivity contribution in [1.29, 1.82) is 0 Å². The SMILES string of the molecule is Cc1ccc2ccn(CCNCC3CCCCC3)c2c1. The van der Waals surface area contributed by atoms with Gasteiger partial charge in [0.05, 0.1) is 0 Å². The number of nitrogens with zero attached hydrogens (tertiary/aromatic N) is 1. The molecule has 1 aromatic carbocycles. The van der Waals surface area contributed by atoms with Crippen LogP contribution in [0.15, 0.2) is 30.5 Å². The largest absolute Gasteiger partial charge is 0.346 e. The first kappa shape index (κ1) is 13.7. The van der Waals surface area contributed by atoms with Gasteiger partial charge in [0.1, 0.15) is 0 Å². The Balaban J connectivity index is 1.50. The smallest absolute Gasteiger partial charge is 0.0483 e. The zero-order chi connectivity index (χ0) is 13.8. The summed E-state index contributed by atoms with van der Waals surface area (Å²) in [6.07, 6.45) is 9.40. The normalized spacial score (nSPS) is 16.9. The second-order valence-corrected chi connectivity index (χ2v) is 6.28. The fourth-order valence-corrected chi connectivity index (χ4v) is 3.39. The van der Waals surface area contributed by atoms with Crippen molar-refractivity contribution in [2.45, 2.75) is 45.6 Å². The van der Waals surface area contributed by atoms with Gasteiger partial charge in [0, 0.05) is 24.8 Å². The first-order chi connectivity index (χ1) is 9.83. The molecule has 0 amide bonds. The maximum Gasteiger partial charge on any atom is 0.0483 e. The molecule has 0 saturated heterocycles. The Hall–Kier alpha value is -1.28. The molecule has 3 rings (SSSR count). The van der Waals surface area contributed by atoms with Crippen molar-refractivity contribution in [2.24, 2.45) is 5.92 Å². The molecule has 1 N–H and O–H groups in total. The standard InChI is InChI=1S/C18H26N2/c1-15-7-8-17-9-11-20(18(17)13-15)12-10-19-14-16-5-3-2-4-6-16/h7-9,11,13,16,19H,2-6,10,12,14H2,1H3. The molecule has 2 nitrogen and oxygen atoms in total. The average molecular weight is 270 g/mol. The van der Waals surface area contributed by atoms with Gasteiger partial charge in [-0.15, -0.1) is 0 Å². The number of nitrogens with one attached hydrogen (secondary N) is 1. The van der Waals surface area contributed by atoms with Crippen LogP contribution >= 0.6 is 0 Å². The van der Waals surface area contributed by atoms with E-state index in [0.717, 1.165) is 19.0 Å². The first-order valence-corrected chi connectivity index (χ1v) is 8.09. The minimum Gasteiger partial charge on any atom is -0.346 e. The van der Waals surface area contributed by atoms with Gasteiger partial charge in [-0.2, -0.15) is 0 Å². The summed E-state index contributed by atoms with van der Waals surface area (Å²) in [5.41, 5.74) is 2.71. The number of fused-ring (bicyclic) bond motifs is 1. The van der Waals surface area contributed by atoms with Crippen molar-refractivity contribution in [3.63, 3.8) is 0 Å². The zero-order valence-corrected chi connectivity index (χ0v) is 12.6. The van der Waals surface area contributed by atoms with E-state index in [2.05, 4.69) is 47.3 Å². The molecule has 108 valence electrons. The summed E-state index contributed by atoms with van der Waals surface area (Å²) >= 11 is 0. The Morgan fingerprint density at radius 1 is 1.15 bits per heavy atom. The van der Waals surface area contributed by atoms with Crippen LogP contribution < -0.4 is 5.32 Å². The van der Waals surface area contributed by atoms with Gasteiger partial charge in [-0.05, 0) is 55.3 Å². The second kappa shape index (κ2) is 6.45. The highest BCUT2D eigenvalue weighted by Gasteiger charge is 2.12. The highest BCUT2D eigenvalue weighted by Crippen LogP contribution is 2.22. The van der Waals surface area contributed by atoms with Crippen molar-refractivity contribution in [2.75, 3.05) is 13.1 Å². The molecule has 1 fully saturated rings. The van der Waals surface area contributed by atoms with Gasteiger partial charge in [-0.3, -0.25) is 0 Å². The van der Waals surface area contributed by atoms with E-state index in [0.29, 0.717) is 0 Å². The second-order valence-electron chi connectivity index (χ2n) is 6.28. The van der Waals surface area contributed by atoms with E-state index in [1.54, 1.807) is 0 Å². The van der Waals surface area contributed by atoms with Crippen LogP contribution in [0.4, 0.5) is 0 Å². The van der Waals surface area contributed by atoms with Crippen LogP contribution in [0.2, 0.25) is 0 Å². The summed E-state index contributed by atoms with van der Waals surface area (Å²) in [6.45, 7) is 5.52. The van der Waals surface area contributed by atoms with Gasteiger partial charge in [-0.1, -0.05) is 31.4 Å². The van der Waals surface area contributed by atoms with E-state index in [-0.39, 0.29) is 0 Å². The predicted molar refractivity (Wildman–Crippen MR) is 86.1 cm³/mol. The van der Waals surface area contributed by atoms with Gasteiger partial charge >= 0.3 is 0 Å². The van der Waals surface area contributed by atoms with Crippen LogP contribution in [0.5, 0.6) is 0 Å². The summed E-state index contributed by atoms with van der Waals surface area (Å²) in [5.74, 6) is 0.924. The van der Waals surface area contributed by atoms with Gasteiger partial charge < -0.3 is 9.88 Å². The number of hydrogen-bond donors (Lipinski definition) is 1. The maximum absolute atomic E-state index is 3.65. The number of hydrogen-bond acceptors (Lipinski definition) is 1. The van der Waals surface area contributed by atoms with Crippen LogP contribution in [0.3, 0.4) is 0 Å². The molecule has 0 bridgehead atoms. The summed E-state index contributed by atoms with van der Waals surface area (Å²) < 4.78 is 2.37. The fourth-order valence-electron chi connectivity index (χ4n) is 3.39. The van der Waals surface area contributed by atoms with Gasteiger partial charge in [-0.25, -0.2) is 0 Å². The van der Waals surface area contributed by atoms with Crippen molar-refractivity contribution in [3.8, 4) is 0 Å². The van der Waals surface area contributed by atoms with E-state index in [1.165, 1.54) is 55.1 Å². The number of rotatable bonds is 5. The molecule has 1 heterocycles. The molecule has 1 aromatic heterocycles. The fraction of sp³-hybridized carbons (Fsp3) is 0.556. The van der Waals surface area contributed by atoms with Crippen molar-refractivity contribution in [1.82, 2.24) is 9.88 Å². The van der Waals surface area contributed by atoms with Crippen molar-refractivity contribution < 1.29 is 0 Å². The third-order valence-electron chi connectivity index (χ3n) is 4.62. The molecule has 2 heteroatoms. The quantitative estimate of drug-likeness (QED) is 0.809. The molecular weight excluding hydrogens is 244 g/mol. The molecule has 1 aliphatic carbocycles. The molecule has 2 aromatic rings. The molecular formula is C18H26N2. The van der Waals surface area contributed by atoms with Crippen LogP contribution in [0, 0.1) is 12.8 Å². The summed E-state index contributed by atoms with van der Waals surface area (Å²) in [4.78, 5) is 0. The average Bonchev–Trinajstić information content (AvgIpc) is 2.87. The van der Waals surface area contributed by atoms with E-state index >= 15 is 0 Å². The van der Waals surface area contributed by atoms with Gasteiger partial charge in [0.25, 0.3) is 0 Å². The first-order valence-electron chi connectivity index (χ1n) is 8.09. The minimum absolute atomic E-state index is 0.924. The molecule has 20 heavy (non-hydrogen) atoms. The summed E-state index contributed by atoms with van der Waals surface area (Å²) in [7, 11) is 0. The van der Waals surface area contributed by atoms with Crippen molar-refractivity contribution >= 4 is 10.9 Å². The molecule has 0 unspecified atom stereocenters. The lowest BCUT2D eigenvalue weighted by molar-refractivity contribution is 0.341. The topological polar surface area (TPSA) is 17.0 Å². The van der Waals surface area contributed by atoms with E-state index in [1.807, 2.05) is 0 Å². The Bertz CT molecular complexity index is 550. The number of aryl methyl sites for hydroxylation is 1. The minimum atomic E-state index is 0.924. The lowest BCUT2D eigenvalue weighted by Gasteiger charge is -2.21. The monoisotopic (exact) mass is 270 g/mol. The molecule has 0 spiro atoms. The predicted octanol–water partition coefficient (Wildman–Crippen LogP) is 4.12. The molecule has 0 radical (unpaired) electrons. The molecule has 1 aliphatic rings. The van der Waals surface area contributed by atoms with Gasteiger partial charge in [0.15, 0.2) is 0 Å². The molecule has 0 atom stereocenters. The third kappa shape index (κ3) is 3.24. The van der Waals surface area contributed by atoms with Crippen LogP contribution in [0.1, 0.15) is 37.7 Å². The third-order valence-corrected chi connectivity index (χ3v) is 4.62.